The van der Waals surface area contributed by atoms with Crippen molar-refractivity contribution < 1.29 is 22.7 Å². The van der Waals surface area contributed by atoms with E-state index < -0.39 is 10.0 Å². The number of benzene rings is 3. The van der Waals surface area contributed by atoms with Crippen LogP contribution in [0.25, 0.3) is 10.8 Å². The molecule has 0 unspecified atom stereocenters. The molecule has 0 fully saturated rings. The molecule has 3 aromatic rings. The molecule has 0 aliphatic rings. The molecule has 8 heteroatoms. The van der Waals surface area contributed by atoms with Crippen LogP contribution < -0.4 is 19.1 Å². The van der Waals surface area contributed by atoms with Crippen molar-refractivity contribution in [3.8, 4) is 11.5 Å². The largest absolute Gasteiger partial charge is 0.493 e. The van der Waals surface area contributed by atoms with Gasteiger partial charge >= 0.3 is 0 Å². The molecule has 3 aromatic carbocycles. The number of hydrogen-bond donors (Lipinski definition) is 1. The van der Waals surface area contributed by atoms with Gasteiger partial charge in [-0.25, -0.2) is 8.42 Å². The SMILES string of the molecule is COc1ccc(CCNC(=O)CN(c2cccc3ccccc23)S(C)(=O)=O)cc1OC. The number of methoxy groups -OCH3 is 2. The van der Waals surface area contributed by atoms with Gasteiger partial charge in [0.05, 0.1) is 26.2 Å². The first-order valence-corrected chi connectivity index (χ1v) is 11.6. The number of nitrogens with one attached hydrogen (secondary N) is 1. The van der Waals surface area contributed by atoms with E-state index in [-0.39, 0.29) is 12.5 Å². The van der Waals surface area contributed by atoms with E-state index in [0.29, 0.717) is 30.2 Å². The quantitative estimate of drug-likeness (QED) is 0.551. The van der Waals surface area contributed by atoms with Crippen LogP contribution in [0.3, 0.4) is 0 Å². The van der Waals surface area contributed by atoms with E-state index in [0.717, 1.165) is 26.9 Å². The Morgan fingerprint density at radius 1 is 0.968 bits per heavy atom. The van der Waals surface area contributed by atoms with Gasteiger partial charge in [-0.2, -0.15) is 0 Å². The number of rotatable bonds is 9. The van der Waals surface area contributed by atoms with Crippen LogP contribution in [0.15, 0.2) is 60.7 Å². The van der Waals surface area contributed by atoms with Gasteiger partial charge < -0.3 is 14.8 Å². The fourth-order valence-corrected chi connectivity index (χ4v) is 4.24. The third kappa shape index (κ3) is 5.46. The van der Waals surface area contributed by atoms with Crippen molar-refractivity contribution in [1.82, 2.24) is 5.32 Å². The molecule has 0 saturated heterocycles. The highest BCUT2D eigenvalue weighted by atomic mass is 32.2. The number of sulfonamides is 1. The average molecular weight is 443 g/mol. The summed E-state index contributed by atoms with van der Waals surface area (Å²) >= 11 is 0. The van der Waals surface area contributed by atoms with Crippen LogP contribution in [-0.4, -0.2) is 47.9 Å². The summed E-state index contributed by atoms with van der Waals surface area (Å²) in [6.45, 7) is 0.0697. The maximum absolute atomic E-state index is 12.6. The Labute approximate surface area is 182 Å². The number of ether oxygens (including phenoxy) is 2. The van der Waals surface area contributed by atoms with Crippen LogP contribution in [0.4, 0.5) is 5.69 Å². The molecule has 164 valence electrons. The van der Waals surface area contributed by atoms with Gasteiger partial charge in [0.25, 0.3) is 0 Å². The lowest BCUT2D eigenvalue weighted by Gasteiger charge is -2.23. The highest BCUT2D eigenvalue weighted by Gasteiger charge is 2.22. The van der Waals surface area contributed by atoms with Crippen LogP contribution >= 0.6 is 0 Å². The monoisotopic (exact) mass is 442 g/mol. The fourth-order valence-electron chi connectivity index (χ4n) is 3.38. The first-order chi connectivity index (χ1) is 14.8. The van der Waals surface area contributed by atoms with Crippen molar-refractivity contribution in [2.75, 3.05) is 37.9 Å². The van der Waals surface area contributed by atoms with Crippen LogP contribution in [-0.2, 0) is 21.2 Å². The summed E-state index contributed by atoms with van der Waals surface area (Å²) in [4.78, 5) is 12.6. The summed E-state index contributed by atoms with van der Waals surface area (Å²) in [6, 6.07) is 18.4. The highest BCUT2D eigenvalue weighted by molar-refractivity contribution is 7.92. The summed E-state index contributed by atoms with van der Waals surface area (Å²) in [5.41, 5.74) is 1.45. The summed E-state index contributed by atoms with van der Waals surface area (Å²) in [5.74, 6) is 0.874. The smallest absolute Gasteiger partial charge is 0.240 e. The Hall–Kier alpha value is -3.26. The summed E-state index contributed by atoms with van der Waals surface area (Å²) in [5, 5.41) is 4.48. The molecule has 0 spiro atoms. The topological polar surface area (TPSA) is 84.9 Å². The molecule has 0 heterocycles. The lowest BCUT2D eigenvalue weighted by molar-refractivity contribution is -0.119. The Bertz CT molecular complexity index is 1170. The van der Waals surface area contributed by atoms with E-state index in [2.05, 4.69) is 5.32 Å². The van der Waals surface area contributed by atoms with Gasteiger partial charge in [0.1, 0.15) is 6.54 Å². The van der Waals surface area contributed by atoms with E-state index in [9.17, 15) is 13.2 Å². The van der Waals surface area contributed by atoms with Gasteiger partial charge in [-0.3, -0.25) is 9.10 Å². The molecular weight excluding hydrogens is 416 g/mol. The van der Waals surface area contributed by atoms with Gasteiger partial charge in [-0.15, -0.1) is 0 Å². The molecule has 0 atom stereocenters. The number of nitrogens with zero attached hydrogens (tertiary/aromatic N) is 1. The van der Waals surface area contributed by atoms with E-state index in [1.54, 1.807) is 26.4 Å². The molecule has 0 aromatic heterocycles. The second kappa shape index (κ2) is 9.70. The minimum Gasteiger partial charge on any atom is -0.493 e. The first kappa shape index (κ1) is 22.4. The summed E-state index contributed by atoms with van der Waals surface area (Å²) < 4.78 is 36.6. The van der Waals surface area contributed by atoms with Gasteiger partial charge in [0.15, 0.2) is 11.5 Å². The second-order valence-electron chi connectivity index (χ2n) is 7.06. The van der Waals surface area contributed by atoms with Gasteiger partial charge in [0, 0.05) is 11.9 Å². The van der Waals surface area contributed by atoms with Crippen LogP contribution in [0, 0.1) is 0 Å². The highest BCUT2D eigenvalue weighted by Crippen LogP contribution is 2.29. The predicted molar refractivity (Wildman–Crippen MR) is 122 cm³/mol. The van der Waals surface area contributed by atoms with Crippen molar-refractivity contribution in [3.63, 3.8) is 0 Å². The molecule has 31 heavy (non-hydrogen) atoms. The van der Waals surface area contributed by atoms with Crippen LogP contribution in [0.2, 0.25) is 0 Å². The molecule has 0 bridgehead atoms. The third-order valence-electron chi connectivity index (χ3n) is 4.91. The normalized spacial score (nSPS) is 11.2. The number of carbonyl (C=O) groups is 1. The van der Waals surface area contributed by atoms with E-state index >= 15 is 0 Å². The number of anilines is 1. The first-order valence-electron chi connectivity index (χ1n) is 9.76. The van der Waals surface area contributed by atoms with Crippen molar-refractivity contribution in [2.24, 2.45) is 0 Å². The Morgan fingerprint density at radius 3 is 2.39 bits per heavy atom. The van der Waals surface area contributed by atoms with E-state index in [1.807, 2.05) is 48.5 Å². The van der Waals surface area contributed by atoms with Crippen LogP contribution in [0.1, 0.15) is 5.56 Å². The van der Waals surface area contributed by atoms with Crippen LogP contribution in [0.5, 0.6) is 11.5 Å². The average Bonchev–Trinajstić information content (AvgIpc) is 2.76. The van der Waals surface area contributed by atoms with E-state index in [4.69, 9.17) is 9.47 Å². The molecule has 7 nitrogen and oxygen atoms in total. The lowest BCUT2D eigenvalue weighted by atomic mass is 10.1. The molecule has 0 radical (unpaired) electrons. The van der Waals surface area contributed by atoms with Gasteiger partial charge in [0.2, 0.25) is 15.9 Å². The second-order valence-corrected chi connectivity index (χ2v) is 8.96. The maximum Gasteiger partial charge on any atom is 0.240 e. The molecule has 0 saturated carbocycles. The fraction of sp³-hybridized carbons (Fsp3) is 0.261. The summed E-state index contributed by atoms with van der Waals surface area (Å²) in [6.07, 6.45) is 1.67. The third-order valence-corrected chi connectivity index (χ3v) is 6.03. The number of amides is 1. The van der Waals surface area contributed by atoms with Crippen molar-refractivity contribution in [2.45, 2.75) is 6.42 Å². The Morgan fingerprint density at radius 2 is 1.68 bits per heavy atom. The zero-order chi connectivity index (χ0) is 22.4. The number of carbonyl (C=O) groups excluding carboxylic acids is 1. The molecule has 0 aliphatic carbocycles. The number of hydrogen-bond acceptors (Lipinski definition) is 5. The lowest BCUT2D eigenvalue weighted by Crippen LogP contribution is -2.41. The summed E-state index contributed by atoms with van der Waals surface area (Å²) in [7, 11) is -0.520. The van der Waals surface area contributed by atoms with Gasteiger partial charge in [-0.1, -0.05) is 42.5 Å². The standard InChI is InChI=1S/C23H26N2O5S/c1-29-21-12-11-17(15-22(21)30-2)13-14-24-23(26)16-25(31(3,27)28)20-10-6-8-18-7-4-5-9-19(18)20/h4-12,15H,13-14,16H2,1-3H3,(H,24,26). The predicted octanol–water partition coefficient (Wildman–Crippen LogP) is 2.98. The Kier molecular flexibility index (Phi) is 7.02. The molecule has 1 amide bonds. The van der Waals surface area contributed by atoms with E-state index in [1.165, 1.54) is 0 Å². The van der Waals surface area contributed by atoms with Crippen molar-refractivity contribution >= 4 is 32.4 Å². The molecule has 0 aliphatic heterocycles. The van der Waals surface area contributed by atoms with Crippen molar-refractivity contribution in [3.05, 3.63) is 66.2 Å². The zero-order valence-electron chi connectivity index (χ0n) is 17.8. The maximum atomic E-state index is 12.6. The minimum absolute atomic E-state index is 0.293. The molecule has 3 rings (SSSR count). The molecule has 1 N–H and O–H groups in total. The number of fused-ring (bicyclic) bond motifs is 1. The minimum atomic E-state index is -3.66. The Balaban J connectivity index is 1.70. The van der Waals surface area contributed by atoms with Crippen molar-refractivity contribution in [1.29, 1.82) is 0 Å². The van der Waals surface area contributed by atoms with Gasteiger partial charge in [-0.05, 0) is 35.6 Å². The molecular formula is C23H26N2O5S. The zero-order valence-corrected chi connectivity index (χ0v) is 18.6.